The van der Waals surface area contributed by atoms with Gasteiger partial charge < -0.3 is 15.0 Å². The quantitative estimate of drug-likeness (QED) is 0.598. The van der Waals surface area contributed by atoms with E-state index in [1.807, 2.05) is 0 Å². The van der Waals surface area contributed by atoms with Crippen LogP contribution in [0.1, 0.15) is 11.9 Å². The van der Waals surface area contributed by atoms with E-state index >= 15 is 0 Å². The van der Waals surface area contributed by atoms with Gasteiger partial charge in [-0.2, -0.15) is 0 Å². The fraction of sp³-hybridized carbons (Fsp3) is 0.429. The minimum absolute atomic E-state index is 0.0948. The molecule has 0 saturated carbocycles. The smallest absolute Gasteiger partial charge is 0.246 e. The van der Waals surface area contributed by atoms with Crippen molar-refractivity contribution in [3.05, 3.63) is 18.2 Å². The Kier molecular flexibility index (Phi) is 1.79. The zero-order valence-corrected chi connectivity index (χ0v) is 6.41. The van der Waals surface area contributed by atoms with Crippen LogP contribution in [0.4, 0.5) is 0 Å². The number of carbonyl (C=O) groups is 1. The molecule has 0 spiro atoms. The molecule has 1 fully saturated rings. The van der Waals surface area contributed by atoms with Crippen LogP contribution in [0.25, 0.3) is 0 Å². The summed E-state index contributed by atoms with van der Waals surface area (Å²) in [6.45, 7) is 0.635. The number of aromatic nitrogens is 2. The summed E-state index contributed by atoms with van der Waals surface area (Å²) in [5, 5.41) is 2.76. The second kappa shape index (κ2) is 2.94. The van der Waals surface area contributed by atoms with Gasteiger partial charge in [0.15, 0.2) is 0 Å². The van der Waals surface area contributed by atoms with E-state index < -0.39 is 0 Å². The number of amides is 1. The third kappa shape index (κ3) is 1.31. The SMILES string of the molecule is O=C1COC[C@@H](c2ncc[nH]2)N1. The van der Waals surface area contributed by atoms with Crippen molar-refractivity contribution >= 4 is 5.91 Å². The number of hydrogen-bond donors (Lipinski definition) is 2. The second-order valence-corrected chi connectivity index (χ2v) is 2.61. The molecule has 2 rings (SSSR count). The van der Waals surface area contributed by atoms with Crippen LogP contribution >= 0.6 is 0 Å². The van der Waals surface area contributed by atoms with Crippen molar-refractivity contribution in [1.29, 1.82) is 0 Å². The third-order valence-corrected chi connectivity index (χ3v) is 1.70. The number of morpholine rings is 1. The molecule has 5 nitrogen and oxygen atoms in total. The molecule has 0 aromatic carbocycles. The lowest BCUT2D eigenvalue weighted by Crippen LogP contribution is -2.40. The predicted molar refractivity (Wildman–Crippen MR) is 40.3 cm³/mol. The van der Waals surface area contributed by atoms with E-state index in [0.29, 0.717) is 6.61 Å². The first-order valence-electron chi connectivity index (χ1n) is 3.72. The summed E-state index contributed by atoms with van der Waals surface area (Å²) in [6.07, 6.45) is 3.37. The summed E-state index contributed by atoms with van der Waals surface area (Å²) >= 11 is 0. The topological polar surface area (TPSA) is 67.0 Å². The number of rotatable bonds is 1. The number of hydrogen-bond acceptors (Lipinski definition) is 3. The van der Waals surface area contributed by atoms with Crippen LogP contribution in [0.3, 0.4) is 0 Å². The Bertz CT molecular complexity index is 270. The van der Waals surface area contributed by atoms with E-state index in [9.17, 15) is 4.79 Å². The van der Waals surface area contributed by atoms with Gasteiger partial charge in [0, 0.05) is 12.4 Å². The van der Waals surface area contributed by atoms with Gasteiger partial charge >= 0.3 is 0 Å². The Morgan fingerprint density at radius 2 is 2.58 bits per heavy atom. The fourth-order valence-corrected chi connectivity index (χ4v) is 1.16. The maximum Gasteiger partial charge on any atom is 0.246 e. The van der Waals surface area contributed by atoms with Crippen LogP contribution in [-0.4, -0.2) is 29.1 Å². The lowest BCUT2D eigenvalue weighted by Gasteiger charge is -2.21. The molecule has 1 aliphatic heterocycles. The van der Waals surface area contributed by atoms with Gasteiger partial charge in [-0.15, -0.1) is 0 Å². The van der Waals surface area contributed by atoms with Crippen molar-refractivity contribution in [2.24, 2.45) is 0 Å². The molecule has 0 radical (unpaired) electrons. The van der Waals surface area contributed by atoms with E-state index in [4.69, 9.17) is 4.74 Å². The molecule has 0 unspecified atom stereocenters. The van der Waals surface area contributed by atoms with Crippen molar-refractivity contribution in [3.63, 3.8) is 0 Å². The first kappa shape index (κ1) is 7.30. The summed E-state index contributed by atoms with van der Waals surface area (Å²) in [4.78, 5) is 17.8. The standard InChI is InChI=1S/C7H9N3O2/c11-6-4-12-3-5(10-6)7-8-1-2-9-7/h1-2,5H,3-4H2,(H,8,9)(H,10,11)/t5-/m0/s1. The average molecular weight is 167 g/mol. The maximum absolute atomic E-state index is 10.9. The highest BCUT2D eigenvalue weighted by molar-refractivity contribution is 5.78. The van der Waals surface area contributed by atoms with Gasteiger partial charge in [-0.25, -0.2) is 4.98 Å². The summed E-state index contributed by atoms with van der Waals surface area (Å²) in [5.41, 5.74) is 0. The van der Waals surface area contributed by atoms with Gasteiger partial charge in [-0.1, -0.05) is 0 Å². The molecular formula is C7H9N3O2. The number of carbonyl (C=O) groups excluding carboxylic acids is 1. The molecule has 0 aliphatic carbocycles. The number of aromatic amines is 1. The Labute approximate surface area is 69.1 Å². The van der Waals surface area contributed by atoms with Crippen molar-refractivity contribution in [2.75, 3.05) is 13.2 Å². The third-order valence-electron chi connectivity index (χ3n) is 1.70. The van der Waals surface area contributed by atoms with Crippen molar-refractivity contribution in [1.82, 2.24) is 15.3 Å². The first-order chi connectivity index (χ1) is 5.86. The molecule has 64 valence electrons. The molecule has 2 heterocycles. The van der Waals surface area contributed by atoms with Gasteiger partial charge in [0.1, 0.15) is 18.5 Å². The Morgan fingerprint density at radius 1 is 1.67 bits per heavy atom. The van der Waals surface area contributed by atoms with Crippen molar-refractivity contribution in [2.45, 2.75) is 6.04 Å². The molecule has 1 aromatic rings. The van der Waals surface area contributed by atoms with E-state index in [1.165, 1.54) is 0 Å². The zero-order valence-electron chi connectivity index (χ0n) is 6.41. The number of ether oxygens (including phenoxy) is 1. The number of imidazole rings is 1. The minimum Gasteiger partial charge on any atom is -0.369 e. The lowest BCUT2D eigenvalue weighted by molar-refractivity contribution is -0.131. The molecule has 1 aromatic heterocycles. The lowest BCUT2D eigenvalue weighted by atomic mass is 10.2. The van der Waals surface area contributed by atoms with Gasteiger partial charge in [0.25, 0.3) is 0 Å². The molecular weight excluding hydrogens is 158 g/mol. The summed E-state index contributed by atoms with van der Waals surface area (Å²) in [6, 6.07) is -0.124. The highest BCUT2D eigenvalue weighted by atomic mass is 16.5. The summed E-state index contributed by atoms with van der Waals surface area (Å²) in [5.74, 6) is 0.644. The highest BCUT2D eigenvalue weighted by Crippen LogP contribution is 2.10. The number of H-pyrrole nitrogens is 1. The van der Waals surface area contributed by atoms with E-state index in [2.05, 4.69) is 15.3 Å². The van der Waals surface area contributed by atoms with Crippen molar-refractivity contribution < 1.29 is 9.53 Å². The van der Waals surface area contributed by atoms with E-state index in [0.717, 1.165) is 5.82 Å². The number of nitrogens with zero attached hydrogens (tertiary/aromatic N) is 1. The van der Waals surface area contributed by atoms with Gasteiger partial charge in [-0.3, -0.25) is 4.79 Å². The van der Waals surface area contributed by atoms with Crippen LogP contribution < -0.4 is 5.32 Å². The van der Waals surface area contributed by atoms with E-state index in [-0.39, 0.29) is 18.6 Å². The maximum atomic E-state index is 10.9. The van der Waals surface area contributed by atoms with E-state index in [1.54, 1.807) is 12.4 Å². The predicted octanol–water partition coefficient (Wildman–Crippen LogP) is -0.403. The number of nitrogens with one attached hydrogen (secondary N) is 2. The molecule has 1 saturated heterocycles. The monoisotopic (exact) mass is 167 g/mol. The molecule has 2 N–H and O–H groups in total. The van der Waals surface area contributed by atoms with Crippen LogP contribution in [-0.2, 0) is 9.53 Å². The Hall–Kier alpha value is -1.36. The summed E-state index contributed by atoms with van der Waals surface area (Å²) in [7, 11) is 0. The first-order valence-corrected chi connectivity index (χ1v) is 3.72. The van der Waals surface area contributed by atoms with Crippen molar-refractivity contribution in [3.8, 4) is 0 Å². The Morgan fingerprint density at radius 3 is 3.25 bits per heavy atom. The minimum atomic E-state index is -0.124. The molecule has 1 amide bonds. The highest BCUT2D eigenvalue weighted by Gasteiger charge is 2.21. The van der Waals surface area contributed by atoms with Gasteiger partial charge in [-0.05, 0) is 0 Å². The molecule has 0 bridgehead atoms. The molecule has 12 heavy (non-hydrogen) atoms. The van der Waals surface area contributed by atoms with Gasteiger partial charge in [0.05, 0.1) is 6.61 Å². The van der Waals surface area contributed by atoms with Crippen LogP contribution in [0, 0.1) is 0 Å². The average Bonchev–Trinajstić information content (AvgIpc) is 2.56. The molecule has 1 aliphatic rings. The normalized spacial score (nSPS) is 23.7. The Balaban J connectivity index is 2.09. The molecule has 1 atom stereocenters. The van der Waals surface area contributed by atoms with Crippen LogP contribution in [0.15, 0.2) is 12.4 Å². The largest absolute Gasteiger partial charge is 0.369 e. The van der Waals surface area contributed by atoms with Crippen LogP contribution in [0.5, 0.6) is 0 Å². The summed E-state index contributed by atoms with van der Waals surface area (Å²) < 4.78 is 5.05. The fourth-order valence-electron chi connectivity index (χ4n) is 1.16. The second-order valence-electron chi connectivity index (χ2n) is 2.61. The zero-order chi connectivity index (χ0) is 8.39. The van der Waals surface area contributed by atoms with Gasteiger partial charge in [0.2, 0.25) is 5.91 Å². The molecule has 5 heteroatoms. The van der Waals surface area contributed by atoms with Crippen LogP contribution in [0.2, 0.25) is 0 Å².